The molecule has 0 aliphatic carbocycles. The number of morpholine rings is 1. The first kappa shape index (κ1) is 14.6. The van der Waals surface area contributed by atoms with E-state index in [2.05, 4.69) is 0 Å². The predicted molar refractivity (Wildman–Crippen MR) is 74.9 cm³/mol. The summed E-state index contributed by atoms with van der Waals surface area (Å²) in [7, 11) is 0. The molecule has 0 saturated carbocycles. The number of ether oxygens (including phenoxy) is 3. The third-order valence-electron chi connectivity index (χ3n) is 3.74. The largest absolute Gasteiger partial charge is 0.454 e. The number of carbonyl (C=O) groups is 1. The van der Waals surface area contributed by atoms with E-state index >= 15 is 0 Å². The van der Waals surface area contributed by atoms with Gasteiger partial charge in [0.1, 0.15) is 0 Å². The van der Waals surface area contributed by atoms with E-state index in [0.29, 0.717) is 49.8 Å². The lowest BCUT2D eigenvalue weighted by molar-refractivity contribution is -0.385. The third-order valence-corrected chi connectivity index (χ3v) is 3.74. The van der Waals surface area contributed by atoms with E-state index in [4.69, 9.17) is 14.2 Å². The number of amides is 1. The Labute approximate surface area is 126 Å². The quantitative estimate of drug-likeness (QED) is 0.611. The van der Waals surface area contributed by atoms with Crippen LogP contribution in [-0.4, -0.2) is 48.8 Å². The van der Waals surface area contributed by atoms with Crippen molar-refractivity contribution < 1.29 is 23.9 Å². The first-order valence-electron chi connectivity index (χ1n) is 7.07. The monoisotopic (exact) mass is 308 g/mol. The summed E-state index contributed by atoms with van der Waals surface area (Å²) in [5.74, 6) is 0.838. The molecule has 1 aromatic carbocycles. The highest BCUT2D eigenvalue weighted by Crippen LogP contribution is 2.38. The van der Waals surface area contributed by atoms with Gasteiger partial charge in [-0.15, -0.1) is 0 Å². The lowest BCUT2D eigenvalue weighted by Crippen LogP contribution is -2.40. The van der Waals surface area contributed by atoms with Gasteiger partial charge >= 0.3 is 0 Å². The van der Waals surface area contributed by atoms with Gasteiger partial charge in [0, 0.05) is 25.1 Å². The van der Waals surface area contributed by atoms with Crippen molar-refractivity contribution in [1.82, 2.24) is 4.90 Å². The average Bonchev–Trinajstić information content (AvgIpc) is 2.99. The van der Waals surface area contributed by atoms with Crippen LogP contribution in [-0.2, 0) is 16.0 Å². The lowest BCUT2D eigenvalue weighted by Gasteiger charge is -2.26. The van der Waals surface area contributed by atoms with E-state index < -0.39 is 4.92 Å². The number of benzene rings is 1. The van der Waals surface area contributed by atoms with Crippen molar-refractivity contribution in [2.75, 3.05) is 33.1 Å². The number of carbonyl (C=O) groups excluding carboxylic acids is 1. The number of hydrogen-bond donors (Lipinski definition) is 0. The molecule has 1 saturated heterocycles. The van der Waals surface area contributed by atoms with Crippen LogP contribution in [0.15, 0.2) is 12.1 Å². The molecule has 0 spiro atoms. The molecule has 0 N–H and O–H groups in total. The summed E-state index contributed by atoms with van der Waals surface area (Å²) in [5, 5.41) is 11.2. The summed E-state index contributed by atoms with van der Waals surface area (Å²) >= 11 is 0. The highest BCUT2D eigenvalue weighted by Gasteiger charge is 2.24. The van der Waals surface area contributed by atoms with Gasteiger partial charge in [-0.25, -0.2) is 0 Å². The third kappa shape index (κ3) is 2.96. The maximum atomic E-state index is 12.1. The second kappa shape index (κ2) is 6.18. The molecule has 2 heterocycles. The van der Waals surface area contributed by atoms with Crippen LogP contribution in [0.3, 0.4) is 0 Å². The molecule has 0 aromatic heterocycles. The summed E-state index contributed by atoms with van der Waals surface area (Å²) in [6.07, 6.45) is 0.517. The Morgan fingerprint density at radius 3 is 2.59 bits per heavy atom. The summed E-state index contributed by atoms with van der Waals surface area (Å²) < 4.78 is 15.6. The molecule has 8 nitrogen and oxygen atoms in total. The first-order chi connectivity index (χ1) is 10.6. The van der Waals surface area contributed by atoms with Gasteiger partial charge in [-0.05, 0) is 12.5 Å². The van der Waals surface area contributed by atoms with E-state index in [1.807, 2.05) is 0 Å². The Hall–Kier alpha value is -2.35. The molecule has 2 aliphatic rings. The Balaban J connectivity index is 1.71. The van der Waals surface area contributed by atoms with Crippen LogP contribution in [0, 0.1) is 10.1 Å². The van der Waals surface area contributed by atoms with E-state index in [1.54, 1.807) is 11.0 Å². The van der Waals surface area contributed by atoms with Gasteiger partial charge in [-0.2, -0.15) is 0 Å². The lowest BCUT2D eigenvalue weighted by atomic mass is 10.1. The van der Waals surface area contributed by atoms with Crippen molar-refractivity contribution in [3.8, 4) is 11.5 Å². The molecule has 1 aromatic rings. The number of rotatable bonds is 4. The van der Waals surface area contributed by atoms with Crippen LogP contribution in [0.5, 0.6) is 11.5 Å². The number of aryl methyl sites for hydroxylation is 1. The van der Waals surface area contributed by atoms with E-state index in [9.17, 15) is 14.9 Å². The molecule has 1 fully saturated rings. The number of fused-ring (bicyclic) bond motifs is 1. The standard InChI is InChI=1S/C14H16N2O6/c17-14(15-3-5-20-6-4-15)2-1-10-7-12-13(22-9-21-12)8-11(10)16(18)19/h7-8H,1-6,9H2. The van der Waals surface area contributed by atoms with Crippen molar-refractivity contribution in [1.29, 1.82) is 0 Å². The minimum absolute atomic E-state index is 0.0183. The molecule has 8 heteroatoms. The average molecular weight is 308 g/mol. The molecule has 0 bridgehead atoms. The summed E-state index contributed by atoms with van der Waals surface area (Å²) in [6, 6.07) is 2.95. The predicted octanol–water partition coefficient (Wildman–Crippen LogP) is 1.11. The number of nitrogens with zero attached hydrogens (tertiary/aromatic N) is 2. The molecule has 0 atom stereocenters. The van der Waals surface area contributed by atoms with Gasteiger partial charge in [-0.1, -0.05) is 0 Å². The van der Waals surface area contributed by atoms with Gasteiger partial charge in [-0.3, -0.25) is 14.9 Å². The second-order valence-corrected chi connectivity index (χ2v) is 5.08. The minimum atomic E-state index is -0.462. The fraction of sp³-hybridized carbons (Fsp3) is 0.500. The highest BCUT2D eigenvalue weighted by atomic mass is 16.7. The van der Waals surface area contributed by atoms with Crippen molar-refractivity contribution >= 4 is 11.6 Å². The van der Waals surface area contributed by atoms with Gasteiger partial charge in [0.25, 0.3) is 5.69 Å². The Morgan fingerprint density at radius 2 is 1.91 bits per heavy atom. The molecular weight excluding hydrogens is 292 g/mol. The summed E-state index contributed by atoms with van der Waals surface area (Å²) in [4.78, 5) is 24.6. The fourth-order valence-electron chi connectivity index (χ4n) is 2.56. The maximum Gasteiger partial charge on any atom is 0.276 e. The Bertz CT molecular complexity index is 597. The molecule has 0 unspecified atom stereocenters. The normalized spacial score (nSPS) is 16.6. The summed E-state index contributed by atoms with van der Waals surface area (Å²) in [6.45, 7) is 2.28. The van der Waals surface area contributed by atoms with Gasteiger partial charge in [0.2, 0.25) is 12.7 Å². The van der Waals surface area contributed by atoms with Gasteiger partial charge in [0.15, 0.2) is 11.5 Å². The maximum absolute atomic E-state index is 12.1. The van der Waals surface area contributed by atoms with Crippen LogP contribution in [0.2, 0.25) is 0 Å². The second-order valence-electron chi connectivity index (χ2n) is 5.08. The van der Waals surface area contributed by atoms with Crippen LogP contribution in [0.1, 0.15) is 12.0 Å². The smallest absolute Gasteiger partial charge is 0.276 e. The topological polar surface area (TPSA) is 91.1 Å². The zero-order valence-electron chi connectivity index (χ0n) is 11.9. The van der Waals surface area contributed by atoms with Gasteiger partial charge < -0.3 is 19.1 Å². The molecular formula is C14H16N2O6. The molecule has 118 valence electrons. The SMILES string of the molecule is O=C(CCc1cc2c(cc1[N+](=O)[O-])OCO2)N1CCOCC1. The van der Waals surface area contributed by atoms with Crippen molar-refractivity contribution in [2.24, 2.45) is 0 Å². The minimum Gasteiger partial charge on any atom is -0.454 e. The van der Waals surface area contributed by atoms with Crippen LogP contribution < -0.4 is 9.47 Å². The number of nitro groups is 1. The number of nitro benzene ring substituents is 1. The van der Waals surface area contributed by atoms with Crippen LogP contribution in [0.25, 0.3) is 0 Å². The first-order valence-corrected chi connectivity index (χ1v) is 7.07. The molecule has 22 heavy (non-hydrogen) atoms. The Kier molecular flexibility index (Phi) is 4.10. The molecule has 3 rings (SSSR count). The highest BCUT2D eigenvalue weighted by molar-refractivity contribution is 5.76. The Morgan fingerprint density at radius 1 is 1.23 bits per heavy atom. The van der Waals surface area contributed by atoms with E-state index in [1.165, 1.54) is 6.07 Å². The zero-order valence-corrected chi connectivity index (χ0v) is 11.9. The molecule has 2 aliphatic heterocycles. The van der Waals surface area contributed by atoms with Crippen LogP contribution >= 0.6 is 0 Å². The molecule has 1 amide bonds. The van der Waals surface area contributed by atoms with Crippen molar-refractivity contribution in [2.45, 2.75) is 12.8 Å². The van der Waals surface area contributed by atoms with Gasteiger partial charge in [0.05, 0.1) is 24.2 Å². The summed E-state index contributed by atoms with van der Waals surface area (Å²) in [5.41, 5.74) is 0.440. The number of hydrogen-bond acceptors (Lipinski definition) is 6. The van der Waals surface area contributed by atoms with Crippen LogP contribution in [0.4, 0.5) is 5.69 Å². The van der Waals surface area contributed by atoms with Crippen molar-refractivity contribution in [3.63, 3.8) is 0 Å². The van der Waals surface area contributed by atoms with E-state index in [-0.39, 0.29) is 24.8 Å². The fourth-order valence-corrected chi connectivity index (χ4v) is 2.56. The molecule has 0 radical (unpaired) electrons. The van der Waals surface area contributed by atoms with E-state index in [0.717, 1.165) is 0 Å². The van der Waals surface area contributed by atoms with Crippen molar-refractivity contribution in [3.05, 3.63) is 27.8 Å². The zero-order chi connectivity index (χ0) is 15.5.